The molecule has 0 unspecified atom stereocenters. The summed E-state index contributed by atoms with van der Waals surface area (Å²) < 4.78 is 26.1. The first-order valence-electron chi connectivity index (χ1n) is 10.9. The summed E-state index contributed by atoms with van der Waals surface area (Å²) in [5.41, 5.74) is 4.15. The quantitative estimate of drug-likeness (QED) is 0.370. The van der Waals surface area contributed by atoms with E-state index in [4.69, 9.17) is 4.99 Å². The van der Waals surface area contributed by atoms with E-state index >= 15 is 0 Å². The molecule has 0 aliphatic carbocycles. The maximum absolute atomic E-state index is 12.4. The van der Waals surface area contributed by atoms with Crippen LogP contribution in [0.3, 0.4) is 0 Å². The number of sulfonamides is 1. The summed E-state index contributed by atoms with van der Waals surface area (Å²) in [6, 6.07) is 24.4. The molecule has 0 amide bonds. The van der Waals surface area contributed by atoms with Crippen LogP contribution in [0.25, 0.3) is 10.9 Å². The van der Waals surface area contributed by atoms with Gasteiger partial charge in [-0.05, 0) is 44.4 Å². The number of H-pyrrole nitrogens is 1. The number of hydrogen-bond acceptors (Lipinski definition) is 5. The molecule has 4 rings (SSSR count). The predicted octanol–water partition coefficient (Wildman–Crippen LogP) is 4.37. The number of nitrogens with zero attached hydrogens (tertiary/aromatic N) is 3. The molecule has 34 heavy (non-hydrogen) atoms. The van der Waals surface area contributed by atoms with Gasteiger partial charge in [-0.25, -0.2) is 13.4 Å². The molecule has 1 heterocycles. The lowest BCUT2D eigenvalue weighted by Crippen LogP contribution is -2.35. The van der Waals surface area contributed by atoms with E-state index in [1.807, 2.05) is 73.6 Å². The fourth-order valence-electron chi connectivity index (χ4n) is 3.83. The molecule has 0 fully saturated rings. The minimum absolute atomic E-state index is 0.0485. The molecule has 0 saturated heterocycles. The number of para-hydroxylation sites is 1. The molecular weight excluding hydrogens is 448 g/mol. The van der Waals surface area contributed by atoms with Crippen LogP contribution in [0.1, 0.15) is 11.1 Å². The molecule has 0 atom stereocenters. The third-order valence-corrected chi connectivity index (χ3v) is 6.69. The molecule has 0 saturated carbocycles. The summed E-state index contributed by atoms with van der Waals surface area (Å²) in [5.74, 6) is 0.0485. The van der Waals surface area contributed by atoms with Gasteiger partial charge in [0.15, 0.2) is 5.88 Å². The van der Waals surface area contributed by atoms with Crippen LogP contribution in [0.4, 0.5) is 11.4 Å². The van der Waals surface area contributed by atoms with Gasteiger partial charge in [0.2, 0.25) is 10.0 Å². The Hall–Kier alpha value is -3.62. The Morgan fingerprint density at radius 3 is 2.21 bits per heavy atom. The number of hydrogen-bond donors (Lipinski definition) is 2. The van der Waals surface area contributed by atoms with Crippen molar-refractivity contribution >= 4 is 38.0 Å². The number of aliphatic imine (C=N–C) groups is 1. The topological polar surface area (TPSA) is 89.0 Å². The van der Waals surface area contributed by atoms with Gasteiger partial charge in [-0.1, -0.05) is 48.5 Å². The Labute approximate surface area is 200 Å². The first kappa shape index (κ1) is 23.5. The predicted molar refractivity (Wildman–Crippen MR) is 139 cm³/mol. The van der Waals surface area contributed by atoms with Gasteiger partial charge in [0.1, 0.15) is 0 Å². The zero-order valence-electron chi connectivity index (χ0n) is 19.4. The standard InChI is InChI=1S/C26H28N4O3S/c1-29(2)17-18-30(34(3,32)33)21-15-13-20(14-16-21)27-25(19-9-5-4-6-10-19)24-22-11-7-8-12-23(22)28-26(24)31/h4-16,28,31H,17-18H2,1-3H3. The van der Waals surface area contributed by atoms with Crippen molar-refractivity contribution in [3.8, 4) is 5.88 Å². The molecule has 176 valence electrons. The number of anilines is 1. The second-order valence-electron chi connectivity index (χ2n) is 8.38. The third kappa shape index (κ3) is 5.13. The van der Waals surface area contributed by atoms with Crippen LogP contribution in [0.5, 0.6) is 5.88 Å². The van der Waals surface area contributed by atoms with Gasteiger partial charge in [0.25, 0.3) is 0 Å². The summed E-state index contributed by atoms with van der Waals surface area (Å²) in [4.78, 5) is 9.84. The number of rotatable bonds is 8. The van der Waals surface area contributed by atoms with Crippen LogP contribution in [-0.2, 0) is 10.0 Å². The monoisotopic (exact) mass is 476 g/mol. The van der Waals surface area contributed by atoms with Gasteiger partial charge in [0.05, 0.1) is 28.9 Å². The average Bonchev–Trinajstić information content (AvgIpc) is 3.13. The largest absolute Gasteiger partial charge is 0.494 e. The van der Waals surface area contributed by atoms with Crippen LogP contribution in [0.2, 0.25) is 0 Å². The van der Waals surface area contributed by atoms with Crippen molar-refractivity contribution in [3.05, 3.63) is 90.0 Å². The molecule has 7 nitrogen and oxygen atoms in total. The number of aromatic hydroxyl groups is 1. The highest BCUT2D eigenvalue weighted by Gasteiger charge is 2.19. The number of fused-ring (bicyclic) bond motifs is 1. The van der Waals surface area contributed by atoms with Crippen molar-refractivity contribution in [3.63, 3.8) is 0 Å². The second kappa shape index (κ2) is 9.70. The first-order chi connectivity index (χ1) is 16.2. The van der Waals surface area contributed by atoms with E-state index in [-0.39, 0.29) is 5.88 Å². The molecule has 0 aliphatic heterocycles. The molecule has 0 bridgehead atoms. The van der Waals surface area contributed by atoms with Crippen molar-refractivity contribution in [2.24, 2.45) is 4.99 Å². The van der Waals surface area contributed by atoms with Crippen LogP contribution in [-0.4, -0.2) is 62.6 Å². The molecule has 8 heteroatoms. The summed E-state index contributed by atoms with van der Waals surface area (Å²) in [7, 11) is 0.388. The number of nitrogens with one attached hydrogen (secondary N) is 1. The zero-order valence-corrected chi connectivity index (χ0v) is 20.2. The van der Waals surface area contributed by atoms with E-state index in [9.17, 15) is 13.5 Å². The van der Waals surface area contributed by atoms with E-state index in [0.29, 0.717) is 35.7 Å². The van der Waals surface area contributed by atoms with Crippen LogP contribution in [0, 0.1) is 0 Å². The Kier molecular flexibility index (Phi) is 6.72. The number of aromatic amines is 1. The Balaban J connectivity index is 1.78. The highest BCUT2D eigenvalue weighted by Crippen LogP contribution is 2.32. The molecule has 0 spiro atoms. The van der Waals surface area contributed by atoms with Crippen molar-refractivity contribution < 1.29 is 13.5 Å². The fraction of sp³-hybridized carbons (Fsp3) is 0.192. The van der Waals surface area contributed by atoms with E-state index in [2.05, 4.69) is 4.98 Å². The highest BCUT2D eigenvalue weighted by molar-refractivity contribution is 7.92. The van der Waals surface area contributed by atoms with Gasteiger partial charge in [-0.15, -0.1) is 0 Å². The van der Waals surface area contributed by atoms with Crippen LogP contribution < -0.4 is 4.31 Å². The lowest BCUT2D eigenvalue weighted by Gasteiger charge is -2.24. The SMILES string of the molecule is CN(C)CCN(c1ccc(N=C(c2ccccc2)c2c(O)[nH]c3ccccc23)cc1)S(C)(=O)=O. The lowest BCUT2D eigenvalue weighted by molar-refractivity contribution is 0.419. The molecule has 3 aromatic carbocycles. The third-order valence-electron chi connectivity index (χ3n) is 5.50. The smallest absolute Gasteiger partial charge is 0.232 e. The van der Waals surface area contributed by atoms with Gasteiger partial charge in [0, 0.05) is 29.6 Å². The van der Waals surface area contributed by atoms with Gasteiger partial charge in [-0.2, -0.15) is 0 Å². The summed E-state index contributed by atoms with van der Waals surface area (Å²) >= 11 is 0. The van der Waals surface area contributed by atoms with E-state index in [0.717, 1.165) is 16.5 Å². The van der Waals surface area contributed by atoms with E-state index in [1.165, 1.54) is 10.6 Å². The maximum atomic E-state index is 12.4. The Morgan fingerprint density at radius 2 is 1.56 bits per heavy atom. The number of aromatic nitrogens is 1. The minimum Gasteiger partial charge on any atom is -0.494 e. The van der Waals surface area contributed by atoms with Gasteiger partial charge < -0.3 is 15.0 Å². The van der Waals surface area contributed by atoms with Crippen LogP contribution in [0.15, 0.2) is 83.9 Å². The maximum Gasteiger partial charge on any atom is 0.232 e. The molecule has 1 aromatic heterocycles. The average molecular weight is 477 g/mol. The highest BCUT2D eigenvalue weighted by atomic mass is 32.2. The molecule has 4 aromatic rings. The minimum atomic E-state index is -3.42. The second-order valence-corrected chi connectivity index (χ2v) is 10.3. The molecular formula is C26H28N4O3S. The summed E-state index contributed by atoms with van der Waals surface area (Å²) in [6.07, 6.45) is 1.21. The van der Waals surface area contributed by atoms with Crippen molar-refractivity contribution in [2.45, 2.75) is 0 Å². The van der Waals surface area contributed by atoms with Crippen molar-refractivity contribution in [2.75, 3.05) is 37.7 Å². The number of benzene rings is 3. The Bertz CT molecular complexity index is 1410. The van der Waals surface area contributed by atoms with E-state index < -0.39 is 10.0 Å². The zero-order chi connectivity index (χ0) is 24.3. The van der Waals surface area contributed by atoms with Crippen molar-refractivity contribution in [1.82, 2.24) is 9.88 Å². The Morgan fingerprint density at radius 1 is 0.912 bits per heavy atom. The fourth-order valence-corrected chi connectivity index (χ4v) is 4.75. The molecule has 2 N–H and O–H groups in total. The van der Waals surface area contributed by atoms with Gasteiger partial charge >= 0.3 is 0 Å². The van der Waals surface area contributed by atoms with Crippen LogP contribution >= 0.6 is 0 Å². The lowest BCUT2D eigenvalue weighted by atomic mass is 10.0. The van der Waals surface area contributed by atoms with Gasteiger partial charge in [-0.3, -0.25) is 4.31 Å². The van der Waals surface area contributed by atoms with E-state index in [1.54, 1.807) is 24.3 Å². The molecule has 0 radical (unpaired) electrons. The normalized spacial score (nSPS) is 12.4. The molecule has 0 aliphatic rings. The van der Waals surface area contributed by atoms with Crippen molar-refractivity contribution in [1.29, 1.82) is 0 Å². The number of likely N-dealkylation sites (N-methyl/N-ethyl adjacent to an activating group) is 1. The summed E-state index contributed by atoms with van der Waals surface area (Å²) in [5, 5.41) is 11.6. The first-order valence-corrected chi connectivity index (χ1v) is 12.8. The summed E-state index contributed by atoms with van der Waals surface area (Å²) in [6.45, 7) is 0.956.